The summed E-state index contributed by atoms with van der Waals surface area (Å²) in [4.78, 5) is 18.7. The van der Waals surface area contributed by atoms with E-state index in [1.807, 2.05) is 42.5 Å². The first kappa shape index (κ1) is 24.2. The molecule has 0 radical (unpaired) electrons. The maximum absolute atomic E-state index is 13.2. The molecule has 0 N–H and O–H groups in total. The summed E-state index contributed by atoms with van der Waals surface area (Å²) in [5, 5.41) is 3.47. The highest BCUT2D eigenvalue weighted by molar-refractivity contribution is 6.10. The van der Waals surface area contributed by atoms with Crippen LogP contribution in [0.4, 0.5) is 0 Å². The minimum absolute atomic E-state index is 0.0132. The number of hydrogen-bond acceptors (Lipinski definition) is 3. The van der Waals surface area contributed by atoms with E-state index in [0.29, 0.717) is 21.9 Å². The van der Waals surface area contributed by atoms with E-state index in [1.54, 1.807) is 0 Å². The van der Waals surface area contributed by atoms with Crippen LogP contribution >= 0.6 is 0 Å². The van der Waals surface area contributed by atoms with Gasteiger partial charge in [-0.3, -0.25) is 9.36 Å². The van der Waals surface area contributed by atoms with Crippen LogP contribution in [0.15, 0.2) is 131 Å². The summed E-state index contributed by atoms with van der Waals surface area (Å²) >= 11 is 0. The molecule has 3 heterocycles. The Labute approximate surface area is 247 Å². The lowest BCUT2D eigenvalue weighted by molar-refractivity contribution is 0.639. The first-order valence-electron chi connectivity index (χ1n) is 14.6. The first-order valence-corrected chi connectivity index (χ1v) is 14.6. The van der Waals surface area contributed by atoms with Crippen molar-refractivity contribution in [2.75, 3.05) is 0 Å². The lowest BCUT2D eigenvalue weighted by Crippen LogP contribution is -2.17. The molecule has 4 heteroatoms. The lowest BCUT2D eigenvalue weighted by atomic mass is 9.85. The third kappa shape index (κ3) is 3.26. The summed E-state index contributed by atoms with van der Waals surface area (Å²) in [6.45, 7) is 4.54. The zero-order valence-corrected chi connectivity index (χ0v) is 23.8. The van der Waals surface area contributed by atoms with Crippen molar-refractivity contribution in [1.82, 2.24) is 9.55 Å². The SMILES string of the molecule is CC1(C)c2ccccc2-c2cc3c4ccccc4n(-c4ccccc4-c4ccc5c(=O)c6ccccc6oc5c4)c3nc21. The molecule has 43 heavy (non-hydrogen) atoms. The van der Waals surface area contributed by atoms with Crippen molar-refractivity contribution in [1.29, 1.82) is 0 Å². The average molecular weight is 555 g/mol. The Kier molecular flexibility index (Phi) is 4.79. The molecule has 0 amide bonds. The van der Waals surface area contributed by atoms with E-state index >= 15 is 0 Å². The number of pyridine rings is 1. The Morgan fingerprint density at radius 3 is 2.21 bits per heavy atom. The number of nitrogens with zero attached hydrogens (tertiary/aromatic N) is 2. The largest absolute Gasteiger partial charge is 0.456 e. The van der Waals surface area contributed by atoms with E-state index in [2.05, 4.69) is 97.3 Å². The van der Waals surface area contributed by atoms with Crippen LogP contribution in [0.1, 0.15) is 25.1 Å². The minimum Gasteiger partial charge on any atom is -0.456 e. The first-order chi connectivity index (χ1) is 21.0. The standard InChI is InChI=1S/C39H26N2O2/c1-39(2)31-15-7-3-12-25(31)29-22-30-26-13-5-9-17-33(26)41(38(30)40-37(29)39)32-16-8-4-11-24(32)23-19-20-28-35(21-23)43-34-18-10-6-14-27(34)36(28)42/h3-22H,1-2H3. The number of aromatic nitrogens is 2. The second kappa shape index (κ2) is 8.52. The Morgan fingerprint density at radius 2 is 1.33 bits per heavy atom. The van der Waals surface area contributed by atoms with E-state index in [9.17, 15) is 4.79 Å². The molecular weight excluding hydrogens is 528 g/mol. The predicted molar refractivity (Wildman–Crippen MR) is 175 cm³/mol. The van der Waals surface area contributed by atoms with Gasteiger partial charge in [-0.2, -0.15) is 0 Å². The average Bonchev–Trinajstić information content (AvgIpc) is 3.48. The lowest BCUT2D eigenvalue weighted by Gasteiger charge is -2.20. The molecule has 1 aliphatic rings. The summed E-state index contributed by atoms with van der Waals surface area (Å²) in [5.74, 6) is 0. The van der Waals surface area contributed by atoms with Crippen molar-refractivity contribution < 1.29 is 4.42 Å². The Balaban J connectivity index is 1.33. The maximum Gasteiger partial charge on any atom is 0.200 e. The van der Waals surface area contributed by atoms with E-state index in [1.165, 1.54) is 22.1 Å². The van der Waals surface area contributed by atoms with E-state index < -0.39 is 0 Å². The van der Waals surface area contributed by atoms with Crippen molar-refractivity contribution in [2.45, 2.75) is 19.3 Å². The number of rotatable bonds is 2. The maximum atomic E-state index is 13.2. The number of para-hydroxylation sites is 3. The van der Waals surface area contributed by atoms with Crippen LogP contribution < -0.4 is 5.43 Å². The highest BCUT2D eigenvalue weighted by Crippen LogP contribution is 2.49. The van der Waals surface area contributed by atoms with Gasteiger partial charge < -0.3 is 4.42 Å². The van der Waals surface area contributed by atoms with Crippen LogP contribution in [-0.2, 0) is 5.41 Å². The van der Waals surface area contributed by atoms with Gasteiger partial charge in [0.05, 0.1) is 27.7 Å². The van der Waals surface area contributed by atoms with Crippen molar-refractivity contribution >= 4 is 43.9 Å². The van der Waals surface area contributed by atoms with Crippen LogP contribution in [0.5, 0.6) is 0 Å². The molecule has 8 aromatic rings. The molecule has 0 saturated carbocycles. The molecule has 0 aliphatic heterocycles. The van der Waals surface area contributed by atoms with Gasteiger partial charge in [-0.15, -0.1) is 0 Å². The minimum atomic E-state index is -0.209. The van der Waals surface area contributed by atoms with Crippen molar-refractivity contribution in [3.8, 4) is 27.9 Å². The molecule has 0 saturated heterocycles. The zero-order chi connectivity index (χ0) is 28.9. The molecule has 0 bridgehead atoms. The van der Waals surface area contributed by atoms with Gasteiger partial charge in [-0.05, 0) is 59.2 Å². The van der Waals surface area contributed by atoms with Crippen molar-refractivity contribution in [2.24, 2.45) is 0 Å². The summed E-state index contributed by atoms with van der Waals surface area (Å²) in [5.41, 5.74) is 10.9. The monoisotopic (exact) mass is 554 g/mol. The summed E-state index contributed by atoms with van der Waals surface area (Å²) in [6.07, 6.45) is 0. The molecule has 9 rings (SSSR count). The van der Waals surface area contributed by atoms with E-state index in [-0.39, 0.29) is 10.8 Å². The molecule has 1 aliphatic carbocycles. The second-order valence-electron chi connectivity index (χ2n) is 11.9. The Morgan fingerprint density at radius 1 is 0.628 bits per heavy atom. The molecule has 5 aromatic carbocycles. The summed E-state index contributed by atoms with van der Waals surface area (Å²) < 4.78 is 8.54. The van der Waals surface area contributed by atoms with Gasteiger partial charge in [0.2, 0.25) is 5.43 Å². The van der Waals surface area contributed by atoms with Gasteiger partial charge >= 0.3 is 0 Å². The highest BCUT2D eigenvalue weighted by Gasteiger charge is 2.37. The van der Waals surface area contributed by atoms with Crippen LogP contribution in [-0.4, -0.2) is 9.55 Å². The fourth-order valence-corrected chi connectivity index (χ4v) is 7.08. The van der Waals surface area contributed by atoms with Gasteiger partial charge in [0.1, 0.15) is 16.8 Å². The molecular formula is C39H26N2O2. The van der Waals surface area contributed by atoms with Crippen LogP contribution in [0, 0.1) is 0 Å². The molecule has 0 unspecified atom stereocenters. The summed E-state index contributed by atoms with van der Waals surface area (Å²) in [6, 6.07) is 41.3. The Bertz CT molecular complexity index is 2510. The summed E-state index contributed by atoms with van der Waals surface area (Å²) in [7, 11) is 0. The smallest absolute Gasteiger partial charge is 0.200 e. The molecule has 0 atom stereocenters. The number of benzene rings is 5. The molecule has 0 spiro atoms. The van der Waals surface area contributed by atoms with Gasteiger partial charge in [0.15, 0.2) is 0 Å². The van der Waals surface area contributed by atoms with Crippen LogP contribution in [0.3, 0.4) is 0 Å². The van der Waals surface area contributed by atoms with Gasteiger partial charge in [-0.1, -0.05) is 92.7 Å². The van der Waals surface area contributed by atoms with E-state index in [0.717, 1.165) is 39.1 Å². The van der Waals surface area contributed by atoms with Crippen molar-refractivity contribution in [3.05, 3.63) is 143 Å². The van der Waals surface area contributed by atoms with Crippen LogP contribution in [0.2, 0.25) is 0 Å². The topological polar surface area (TPSA) is 48.0 Å². The predicted octanol–water partition coefficient (Wildman–Crippen LogP) is 9.41. The normalized spacial score (nSPS) is 13.6. The number of hydrogen-bond donors (Lipinski definition) is 0. The fraction of sp³-hybridized carbons (Fsp3) is 0.0769. The quantitative estimate of drug-likeness (QED) is 0.200. The van der Waals surface area contributed by atoms with Gasteiger partial charge in [-0.25, -0.2) is 4.98 Å². The molecule has 3 aromatic heterocycles. The van der Waals surface area contributed by atoms with Gasteiger partial charge in [0.25, 0.3) is 0 Å². The van der Waals surface area contributed by atoms with E-state index in [4.69, 9.17) is 9.40 Å². The second-order valence-corrected chi connectivity index (χ2v) is 11.9. The fourth-order valence-electron chi connectivity index (χ4n) is 7.08. The van der Waals surface area contributed by atoms with Crippen LogP contribution in [0.25, 0.3) is 71.8 Å². The molecule has 0 fully saturated rings. The van der Waals surface area contributed by atoms with Gasteiger partial charge in [0, 0.05) is 27.3 Å². The third-order valence-electron chi connectivity index (χ3n) is 9.17. The third-order valence-corrected chi connectivity index (χ3v) is 9.17. The zero-order valence-electron chi connectivity index (χ0n) is 23.8. The number of fused-ring (bicyclic) bond motifs is 8. The highest BCUT2D eigenvalue weighted by atomic mass is 16.3. The van der Waals surface area contributed by atoms with Crippen molar-refractivity contribution in [3.63, 3.8) is 0 Å². The molecule has 204 valence electrons. The Hall–Kier alpha value is -5.48. The molecule has 4 nitrogen and oxygen atoms in total.